The van der Waals surface area contributed by atoms with E-state index in [1.54, 1.807) is 24.3 Å². The number of hydrogen-bond acceptors (Lipinski definition) is 4. The number of nitrogens with two attached hydrogens (primary N) is 1. The quantitative estimate of drug-likeness (QED) is 0.840. The molecule has 3 N–H and O–H groups in total. The smallest absolute Gasteiger partial charge is 0.255 e. The third-order valence-corrected chi connectivity index (χ3v) is 4.30. The molecular weight excluding hydrogens is 314 g/mol. The van der Waals surface area contributed by atoms with E-state index in [4.69, 9.17) is 10.5 Å². The lowest BCUT2D eigenvalue weighted by molar-refractivity contribution is -0.0704. The summed E-state index contributed by atoms with van der Waals surface area (Å²) in [7, 11) is 0. The lowest BCUT2D eigenvalue weighted by atomic mass is 10.1. The molecule has 1 fully saturated rings. The van der Waals surface area contributed by atoms with Crippen LogP contribution in [-0.4, -0.2) is 36.1 Å². The summed E-state index contributed by atoms with van der Waals surface area (Å²) in [6.07, 6.45) is 0.440. The van der Waals surface area contributed by atoms with Gasteiger partial charge in [0.1, 0.15) is 0 Å². The predicted octanol–water partition coefficient (Wildman–Crippen LogP) is 3.13. The van der Waals surface area contributed by atoms with Crippen molar-refractivity contribution < 1.29 is 9.53 Å². The Kier molecular flexibility index (Phi) is 5.36. The summed E-state index contributed by atoms with van der Waals surface area (Å²) in [6.45, 7) is 6.75. The minimum absolute atomic E-state index is 0.150. The van der Waals surface area contributed by atoms with Crippen LogP contribution in [0.5, 0.6) is 0 Å². The molecule has 2 atom stereocenters. The molecule has 0 bridgehead atoms. The van der Waals surface area contributed by atoms with Crippen LogP contribution in [0.1, 0.15) is 29.8 Å². The molecule has 1 saturated heterocycles. The number of amides is 1. The van der Waals surface area contributed by atoms with E-state index in [0.29, 0.717) is 11.3 Å². The normalized spacial score (nSPS) is 21.0. The van der Waals surface area contributed by atoms with Crippen molar-refractivity contribution in [2.45, 2.75) is 32.6 Å². The van der Waals surface area contributed by atoms with Gasteiger partial charge in [-0.1, -0.05) is 24.3 Å². The molecule has 3 rings (SSSR count). The average Bonchev–Trinajstić information content (AvgIpc) is 2.55. The van der Waals surface area contributed by atoms with Crippen molar-refractivity contribution in [3.05, 3.63) is 59.7 Å². The Bertz CT molecular complexity index is 737. The molecule has 0 spiro atoms. The van der Waals surface area contributed by atoms with Crippen molar-refractivity contribution in [3.63, 3.8) is 0 Å². The van der Waals surface area contributed by atoms with Gasteiger partial charge in [0.25, 0.3) is 5.91 Å². The number of hydrogen-bond donors (Lipinski definition) is 2. The van der Waals surface area contributed by atoms with Crippen LogP contribution in [0.25, 0.3) is 0 Å². The first kappa shape index (κ1) is 17.5. The highest BCUT2D eigenvalue weighted by Gasteiger charge is 2.22. The zero-order chi connectivity index (χ0) is 17.8. The van der Waals surface area contributed by atoms with E-state index in [0.717, 1.165) is 30.9 Å². The van der Waals surface area contributed by atoms with Crippen molar-refractivity contribution >= 4 is 17.3 Å². The van der Waals surface area contributed by atoms with Gasteiger partial charge in [0.2, 0.25) is 0 Å². The molecule has 132 valence electrons. The Balaban J connectivity index is 1.73. The van der Waals surface area contributed by atoms with Crippen LogP contribution >= 0.6 is 0 Å². The molecule has 0 aromatic heterocycles. The summed E-state index contributed by atoms with van der Waals surface area (Å²) in [5.74, 6) is -0.150. The third-order valence-electron chi connectivity index (χ3n) is 4.30. The first-order valence-electron chi connectivity index (χ1n) is 8.64. The minimum Gasteiger partial charge on any atom is -0.399 e. The summed E-state index contributed by atoms with van der Waals surface area (Å²) in [5.41, 5.74) is 8.84. The molecule has 2 aromatic carbocycles. The van der Waals surface area contributed by atoms with Crippen molar-refractivity contribution in [2.24, 2.45) is 0 Å². The van der Waals surface area contributed by atoms with Gasteiger partial charge in [0, 0.05) is 36.6 Å². The Morgan fingerprint density at radius 3 is 2.60 bits per heavy atom. The van der Waals surface area contributed by atoms with E-state index in [1.807, 2.05) is 18.2 Å². The number of carbonyl (C=O) groups is 1. The van der Waals surface area contributed by atoms with E-state index in [9.17, 15) is 4.79 Å². The molecule has 5 nitrogen and oxygen atoms in total. The summed E-state index contributed by atoms with van der Waals surface area (Å²) in [5, 5.41) is 3.01. The second-order valence-corrected chi connectivity index (χ2v) is 6.69. The lowest BCUT2D eigenvalue weighted by Gasteiger charge is -2.35. The van der Waals surface area contributed by atoms with Crippen LogP contribution in [0.2, 0.25) is 0 Å². The molecule has 25 heavy (non-hydrogen) atoms. The topological polar surface area (TPSA) is 67.6 Å². The van der Waals surface area contributed by atoms with Crippen LogP contribution in [-0.2, 0) is 11.3 Å². The summed E-state index contributed by atoms with van der Waals surface area (Å²) in [4.78, 5) is 14.9. The van der Waals surface area contributed by atoms with Gasteiger partial charge >= 0.3 is 0 Å². The molecule has 0 saturated carbocycles. The van der Waals surface area contributed by atoms with Crippen LogP contribution < -0.4 is 11.1 Å². The molecule has 1 aliphatic rings. The van der Waals surface area contributed by atoms with E-state index in [1.165, 1.54) is 0 Å². The maximum atomic E-state index is 12.5. The number of nitrogens with zero attached hydrogens (tertiary/aromatic N) is 1. The van der Waals surface area contributed by atoms with Gasteiger partial charge in [-0.2, -0.15) is 0 Å². The number of benzene rings is 2. The van der Waals surface area contributed by atoms with Gasteiger partial charge < -0.3 is 15.8 Å². The van der Waals surface area contributed by atoms with Crippen LogP contribution in [0.15, 0.2) is 48.5 Å². The van der Waals surface area contributed by atoms with Crippen molar-refractivity contribution in [1.29, 1.82) is 0 Å². The van der Waals surface area contributed by atoms with Crippen LogP contribution in [0, 0.1) is 0 Å². The number of carbonyl (C=O) groups excluding carboxylic acids is 1. The molecule has 1 heterocycles. The number of para-hydroxylation sites is 1. The molecule has 5 heteroatoms. The number of nitrogens with one attached hydrogen (secondary N) is 1. The largest absolute Gasteiger partial charge is 0.399 e. The van der Waals surface area contributed by atoms with E-state index in [-0.39, 0.29) is 18.1 Å². The minimum atomic E-state index is -0.150. The van der Waals surface area contributed by atoms with Gasteiger partial charge in [0.05, 0.1) is 12.2 Å². The Morgan fingerprint density at radius 1 is 1.16 bits per heavy atom. The van der Waals surface area contributed by atoms with Crippen molar-refractivity contribution in [2.75, 3.05) is 24.1 Å². The van der Waals surface area contributed by atoms with Gasteiger partial charge in [-0.05, 0) is 43.7 Å². The molecule has 0 radical (unpaired) electrons. The maximum Gasteiger partial charge on any atom is 0.255 e. The lowest BCUT2D eigenvalue weighted by Crippen LogP contribution is -2.44. The van der Waals surface area contributed by atoms with Crippen molar-refractivity contribution in [1.82, 2.24) is 4.90 Å². The number of rotatable bonds is 4. The highest BCUT2D eigenvalue weighted by molar-refractivity contribution is 6.05. The second-order valence-electron chi connectivity index (χ2n) is 6.69. The summed E-state index contributed by atoms with van der Waals surface area (Å²) in [6, 6.07) is 14.9. The Labute approximate surface area is 148 Å². The zero-order valence-corrected chi connectivity index (χ0v) is 14.7. The van der Waals surface area contributed by atoms with Gasteiger partial charge in [-0.3, -0.25) is 9.69 Å². The Hall–Kier alpha value is -2.37. The van der Waals surface area contributed by atoms with Crippen molar-refractivity contribution in [3.8, 4) is 0 Å². The van der Waals surface area contributed by atoms with E-state index >= 15 is 0 Å². The monoisotopic (exact) mass is 339 g/mol. The average molecular weight is 339 g/mol. The number of anilines is 2. The zero-order valence-electron chi connectivity index (χ0n) is 14.7. The number of ether oxygens (including phenoxy) is 1. The number of nitrogen functional groups attached to an aromatic ring is 1. The first-order chi connectivity index (χ1) is 12.0. The fourth-order valence-electron chi connectivity index (χ4n) is 3.31. The first-order valence-corrected chi connectivity index (χ1v) is 8.64. The SMILES string of the molecule is CC1CN(Cc2ccccc2NC(=O)c2cccc(N)c2)CC(C)O1. The molecular formula is C20H25N3O2. The standard InChI is InChI=1S/C20H25N3O2/c1-14-11-23(12-15(2)25-14)13-17-6-3-4-9-19(17)22-20(24)16-7-5-8-18(21)10-16/h3-10,14-15H,11-13,21H2,1-2H3,(H,22,24). The van der Waals surface area contributed by atoms with Gasteiger partial charge in [-0.15, -0.1) is 0 Å². The van der Waals surface area contributed by atoms with Crippen LogP contribution in [0.4, 0.5) is 11.4 Å². The highest BCUT2D eigenvalue weighted by atomic mass is 16.5. The third kappa shape index (κ3) is 4.59. The fraction of sp³-hybridized carbons (Fsp3) is 0.350. The molecule has 2 aromatic rings. The van der Waals surface area contributed by atoms with E-state index < -0.39 is 0 Å². The summed E-state index contributed by atoms with van der Waals surface area (Å²) >= 11 is 0. The maximum absolute atomic E-state index is 12.5. The number of morpholine rings is 1. The van der Waals surface area contributed by atoms with Gasteiger partial charge in [-0.25, -0.2) is 0 Å². The fourth-order valence-corrected chi connectivity index (χ4v) is 3.31. The Morgan fingerprint density at radius 2 is 1.88 bits per heavy atom. The summed E-state index contributed by atoms with van der Waals surface area (Å²) < 4.78 is 5.79. The molecule has 1 aliphatic heterocycles. The van der Waals surface area contributed by atoms with E-state index in [2.05, 4.69) is 30.1 Å². The highest BCUT2D eigenvalue weighted by Crippen LogP contribution is 2.21. The molecule has 1 amide bonds. The molecule has 2 unspecified atom stereocenters. The second kappa shape index (κ2) is 7.68. The predicted molar refractivity (Wildman–Crippen MR) is 101 cm³/mol. The van der Waals surface area contributed by atoms with Crippen LogP contribution in [0.3, 0.4) is 0 Å². The van der Waals surface area contributed by atoms with Gasteiger partial charge in [0.15, 0.2) is 0 Å². The molecule has 0 aliphatic carbocycles.